The summed E-state index contributed by atoms with van der Waals surface area (Å²) in [5.74, 6) is 2.49. The summed E-state index contributed by atoms with van der Waals surface area (Å²) in [5, 5.41) is 10.6. The predicted octanol–water partition coefficient (Wildman–Crippen LogP) is 3.97. The average molecular weight is 336 g/mol. The van der Waals surface area contributed by atoms with Crippen LogP contribution in [0, 0.1) is 13.8 Å². The molecular formula is C21H24N2O2. The van der Waals surface area contributed by atoms with E-state index in [1.165, 1.54) is 12.8 Å². The number of fused-ring (bicyclic) bond motifs is 1. The molecule has 1 aliphatic rings. The summed E-state index contributed by atoms with van der Waals surface area (Å²) >= 11 is 0. The highest BCUT2D eigenvalue weighted by molar-refractivity contribution is 5.76. The Bertz CT molecular complexity index is 896. The second-order valence-electron chi connectivity index (χ2n) is 7.08. The van der Waals surface area contributed by atoms with Crippen LogP contribution in [0.4, 0.5) is 0 Å². The number of rotatable bonds is 6. The van der Waals surface area contributed by atoms with E-state index in [0.29, 0.717) is 12.5 Å². The molecule has 0 saturated heterocycles. The Balaban J connectivity index is 1.51. The standard InChI is InChI=1S/C21H24N2O2/c1-14-7-8-15(2)20(11-14)25-13-17(24)12-23-19-6-4-3-5-18(19)22-21(23)16-9-10-16/h3-8,11,16-17,24H,9-10,12-13H2,1-2H3/t17-/m0/s1. The summed E-state index contributed by atoms with van der Waals surface area (Å²) in [7, 11) is 0. The van der Waals surface area contributed by atoms with Crippen molar-refractivity contribution in [3.8, 4) is 5.75 Å². The van der Waals surface area contributed by atoms with E-state index in [1.807, 2.05) is 44.2 Å². The number of benzene rings is 2. The number of hydrogen-bond donors (Lipinski definition) is 1. The third-order valence-electron chi connectivity index (χ3n) is 4.79. The molecule has 1 aliphatic carbocycles. The highest BCUT2D eigenvalue weighted by Gasteiger charge is 2.30. The lowest BCUT2D eigenvalue weighted by Gasteiger charge is -2.17. The number of aryl methyl sites for hydroxylation is 2. The Morgan fingerprint density at radius 1 is 1.20 bits per heavy atom. The van der Waals surface area contributed by atoms with Gasteiger partial charge in [0.25, 0.3) is 0 Å². The Kier molecular flexibility index (Phi) is 4.22. The van der Waals surface area contributed by atoms with Crippen LogP contribution in [0.3, 0.4) is 0 Å². The zero-order chi connectivity index (χ0) is 17.4. The summed E-state index contributed by atoms with van der Waals surface area (Å²) in [6.45, 7) is 4.86. The molecule has 1 atom stereocenters. The first kappa shape index (κ1) is 16.2. The van der Waals surface area contributed by atoms with Gasteiger partial charge in [0.05, 0.1) is 17.6 Å². The molecule has 4 rings (SSSR count). The number of para-hydroxylation sites is 2. The third kappa shape index (κ3) is 3.40. The fraction of sp³-hybridized carbons (Fsp3) is 0.381. The Morgan fingerprint density at radius 3 is 2.80 bits per heavy atom. The van der Waals surface area contributed by atoms with Gasteiger partial charge in [0.15, 0.2) is 0 Å². The van der Waals surface area contributed by atoms with Crippen LogP contribution in [0.25, 0.3) is 11.0 Å². The van der Waals surface area contributed by atoms with E-state index < -0.39 is 6.10 Å². The monoisotopic (exact) mass is 336 g/mol. The lowest BCUT2D eigenvalue weighted by atomic mass is 10.1. The molecule has 4 heteroatoms. The van der Waals surface area contributed by atoms with Gasteiger partial charge in [-0.3, -0.25) is 0 Å². The van der Waals surface area contributed by atoms with Crippen molar-refractivity contribution >= 4 is 11.0 Å². The van der Waals surface area contributed by atoms with Crippen molar-refractivity contribution in [2.75, 3.05) is 6.61 Å². The number of hydrogen-bond acceptors (Lipinski definition) is 3. The molecule has 4 nitrogen and oxygen atoms in total. The molecular weight excluding hydrogens is 312 g/mol. The fourth-order valence-electron chi connectivity index (χ4n) is 3.25. The largest absolute Gasteiger partial charge is 0.491 e. The van der Waals surface area contributed by atoms with Gasteiger partial charge < -0.3 is 14.4 Å². The van der Waals surface area contributed by atoms with E-state index in [9.17, 15) is 5.11 Å². The summed E-state index contributed by atoms with van der Waals surface area (Å²) < 4.78 is 8.04. The van der Waals surface area contributed by atoms with Crippen LogP contribution in [-0.4, -0.2) is 27.4 Å². The fourth-order valence-corrected chi connectivity index (χ4v) is 3.25. The van der Waals surface area contributed by atoms with Crippen molar-refractivity contribution < 1.29 is 9.84 Å². The second-order valence-corrected chi connectivity index (χ2v) is 7.08. The molecule has 1 N–H and O–H groups in total. The SMILES string of the molecule is Cc1ccc(C)c(OC[C@@H](O)Cn2c(C3CC3)nc3ccccc32)c1. The van der Waals surface area contributed by atoms with Crippen LogP contribution in [0.5, 0.6) is 5.75 Å². The Hall–Kier alpha value is -2.33. The van der Waals surface area contributed by atoms with Gasteiger partial charge in [-0.25, -0.2) is 4.98 Å². The molecule has 0 bridgehead atoms. The van der Waals surface area contributed by atoms with E-state index in [4.69, 9.17) is 9.72 Å². The first-order chi connectivity index (χ1) is 12.1. The van der Waals surface area contributed by atoms with E-state index in [1.54, 1.807) is 0 Å². The highest BCUT2D eigenvalue weighted by atomic mass is 16.5. The van der Waals surface area contributed by atoms with Gasteiger partial charge in [0, 0.05) is 5.92 Å². The molecule has 0 spiro atoms. The Morgan fingerprint density at radius 2 is 2.00 bits per heavy atom. The maximum Gasteiger partial charge on any atom is 0.122 e. The van der Waals surface area contributed by atoms with Crippen LogP contribution in [0.1, 0.15) is 35.7 Å². The summed E-state index contributed by atoms with van der Waals surface area (Å²) in [5.41, 5.74) is 4.35. The summed E-state index contributed by atoms with van der Waals surface area (Å²) in [4.78, 5) is 4.78. The zero-order valence-corrected chi connectivity index (χ0v) is 14.8. The van der Waals surface area contributed by atoms with Crippen molar-refractivity contribution in [2.24, 2.45) is 0 Å². The average Bonchev–Trinajstić information content (AvgIpc) is 3.39. The molecule has 25 heavy (non-hydrogen) atoms. The van der Waals surface area contributed by atoms with Gasteiger partial charge in [-0.1, -0.05) is 24.3 Å². The number of aliphatic hydroxyl groups is 1. The molecule has 1 aromatic heterocycles. The quantitative estimate of drug-likeness (QED) is 0.741. The first-order valence-corrected chi connectivity index (χ1v) is 8.95. The van der Waals surface area contributed by atoms with Gasteiger partial charge in [-0.2, -0.15) is 0 Å². The van der Waals surface area contributed by atoms with Gasteiger partial charge in [-0.05, 0) is 56.0 Å². The van der Waals surface area contributed by atoms with E-state index in [-0.39, 0.29) is 6.61 Å². The lowest BCUT2D eigenvalue weighted by Crippen LogP contribution is -2.24. The zero-order valence-electron chi connectivity index (χ0n) is 14.8. The molecule has 0 aliphatic heterocycles. The number of nitrogens with zero attached hydrogens (tertiary/aromatic N) is 2. The molecule has 0 amide bonds. The third-order valence-corrected chi connectivity index (χ3v) is 4.79. The van der Waals surface area contributed by atoms with Crippen LogP contribution in [-0.2, 0) is 6.54 Å². The van der Waals surface area contributed by atoms with Gasteiger partial charge >= 0.3 is 0 Å². The molecule has 1 fully saturated rings. The van der Waals surface area contributed by atoms with Crippen molar-refractivity contribution in [1.82, 2.24) is 9.55 Å². The minimum absolute atomic E-state index is 0.279. The van der Waals surface area contributed by atoms with Crippen LogP contribution >= 0.6 is 0 Å². The summed E-state index contributed by atoms with van der Waals surface area (Å²) in [6.07, 6.45) is 1.81. The van der Waals surface area contributed by atoms with E-state index in [2.05, 4.69) is 16.7 Å². The van der Waals surface area contributed by atoms with Gasteiger partial charge in [0.1, 0.15) is 24.3 Å². The molecule has 3 aromatic rings. The molecule has 0 unspecified atom stereocenters. The number of imidazole rings is 1. The number of aromatic nitrogens is 2. The number of ether oxygens (including phenoxy) is 1. The molecule has 130 valence electrons. The maximum atomic E-state index is 10.6. The normalized spacial score (nSPS) is 15.5. The number of aliphatic hydroxyl groups excluding tert-OH is 1. The van der Waals surface area contributed by atoms with Crippen molar-refractivity contribution in [3.05, 3.63) is 59.4 Å². The van der Waals surface area contributed by atoms with Crippen molar-refractivity contribution in [2.45, 2.75) is 45.3 Å². The van der Waals surface area contributed by atoms with E-state index >= 15 is 0 Å². The topological polar surface area (TPSA) is 47.3 Å². The lowest BCUT2D eigenvalue weighted by molar-refractivity contribution is 0.0923. The van der Waals surface area contributed by atoms with Crippen LogP contribution < -0.4 is 4.74 Å². The minimum Gasteiger partial charge on any atom is -0.491 e. The molecule has 2 aromatic carbocycles. The molecule has 1 heterocycles. The van der Waals surface area contributed by atoms with Crippen molar-refractivity contribution in [1.29, 1.82) is 0 Å². The maximum absolute atomic E-state index is 10.6. The smallest absolute Gasteiger partial charge is 0.122 e. The predicted molar refractivity (Wildman–Crippen MR) is 99.1 cm³/mol. The highest BCUT2D eigenvalue weighted by Crippen LogP contribution is 2.40. The van der Waals surface area contributed by atoms with Crippen LogP contribution in [0.2, 0.25) is 0 Å². The van der Waals surface area contributed by atoms with Gasteiger partial charge in [-0.15, -0.1) is 0 Å². The second kappa shape index (κ2) is 6.52. The van der Waals surface area contributed by atoms with Gasteiger partial charge in [0.2, 0.25) is 0 Å². The first-order valence-electron chi connectivity index (χ1n) is 8.95. The van der Waals surface area contributed by atoms with E-state index in [0.717, 1.165) is 33.7 Å². The Labute approximate surface area is 148 Å². The molecule has 0 radical (unpaired) electrons. The van der Waals surface area contributed by atoms with Crippen molar-refractivity contribution in [3.63, 3.8) is 0 Å². The van der Waals surface area contributed by atoms with Crippen LogP contribution in [0.15, 0.2) is 42.5 Å². The summed E-state index contributed by atoms with van der Waals surface area (Å²) in [6, 6.07) is 14.3. The molecule has 1 saturated carbocycles. The minimum atomic E-state index is -0.574.